The van der Waals surface area contributed by atoms with Crippen LogP contribution in [0.25, 0.3) is 0 Å². The van der Waals surface area contributed by atoms with Crippen molar-refractivity contribution in [1.29, 1.82) is 0 Å². The summed E-state index contributed by atoms with van der Waals surface area (Å²) in [7, 11) is 0. The number of hydrogen-bond donors (Lipinski definition) is 0. The molecule has 52 valence electrons. The molecule has 3 unspecified atom stereocenters. The first kappa shape index (κ1) is 6.75. The molecule has 0 N–H and O–H groups in total. The Morgan fingerprint density at radius 3 is 2.44 bits per heavy atom. The molecule has 3 atom stereocenters. The third kappa shape index (κ3) is 1.30. The Balaban J connectivity index is 2.47. The van der Waals surface area contributed by atoms with Crippen LogP contribution >= 0.6 is 0 Å². The van der Waals surface area contributed by atoms with Crippen LogP contribution in [-0.2, 0) is 9.53 Å². The predicted molar refractivity (Wildman–Crippen MR) is 34.2 cm³/mol. The van der Waals surface area contributed by atoms with Gasteiger partial charge in [-0.3, -0.25) is 0 Å². The maximum atomic E-state index is 10.3. The van der Waals surface area contributed by atoms with E-state index in [-0.39, 0.29) is 18.1 Å². The third-order valence-electron chi connectivity index (χ3n) is 1.83. The topological polar surface area (TPSA) is 26.3 Å². The molecule has 1 saturated heterocycles. The van der Waals surface area contributed by atoms with Crippen LogP contribution in [0.15, 0.2) is 0 Å². The number of carbonyl (C=O) groups is 1. The van der Waals surface area contributed by atoms with Crippen molar-refractivity contribution in [3.63, 3.8) is 0 Å². The van der Waals surface area contributed by atoms with Crippen LogP contribution in [0.5, 0.6) is 0 Å². The molecule has 0 aliphatic carbocycles. The van der Waals surface area contributed by atoms with E-state index in [1.165, 1.54) is 0 Å². The van der Waals surface area contributed by atoms with Gasteiger partial charge in [-0.1, -0.05) is 0 Å². The summed E-state index contributed by atoms with van der Waals surface area (Å²) in [5.41, 5.74) is 0. The van der Waals surface area contributed by atoms with Gasteiger partial charge in [0.2, 0.25) is 0 Å². The van der Waals surface area contributed by atoms with Gasteiger partial charge in [-0.2, -0.15) is 0 Å². The van der Waals surface area contributed by atoms with E-state index < -0.39 is 0 Å². The lowest BCUT2D eigenvalue weighted by atomic mass is 10.0. The summed E-state index contributed by atoms with van der Waals surface area (Å²) in [6.45, 7) is 3.95. The lowest BCUT2D eigenvalue weighted by molar-refractivity contribution is -0.112. The van der Waals surface area contributed by atoms with E-state index in [0.29, 0.717) is 0 Å². The number of hydrogen-bond acceptors (Lipinski definition) is 2. The molecule has 0 saturated carbocycles. The Kier molecular flexibility index (Phi) is 1.86. The molecule has 2 heteroatoms. The normalized spacial score (nSPS) is 43.1. The quantitative estimate of drug-likeness (QED) is 0.492. The van der Waals surface area contributed by atoms with Crippen LogP contribution in [0.2, 0.25) is 0 Å². The zero-order chi connectivity index (χ0) is 6.85. The van der Waals surface area contributed by atoms with Crippen molar-refractivity contribution in [2.24, 2.45) is 5.92 Å². The van der Waals surface area contributed by atoms with Crippen molar-refractivity contribution < 1.29 is 9.53 Å². The van der Waals surface area contributed by atoms with Gasteiger partial charge in [-0.25, -0.2) is 0 Å². The predicted octanol–water partition coefficient (Wildman–Crippen LogP) is 0.999. The monoisotopic (exact) mass is 128 g/mol. The van der Waals surface area contributed by atoms with Crippen molar-refractivity contribution in [2.75, 3.05) is 0 Å². The van der Waals surface area contributed by atoms with Gasteiger partial charge in [-0.05, 0) is 20.3 Å². The highest BCUT2D eigenvalue weighted by atomic mass is 16.5. The highest BCUT2D eigenvalue weighted by molar-refractivity contribution is 5.54. The Hall–Kier alpha value is -0.370. The molecule has 2 nitrogen and oxygen atoms in total. The van der Waals surface area contributed by atoms with Crippen LogP contribution in [0, 0.1) is 5.92 Å². The van der Waals surface area contributed by atoms with E-state index in [2.05, 4.69) is 0 Å². The average Bonchev–Trinajstić information content (AvgIpc) is 2.10. The Morgan fingerprint density at radius 2 is 2.22 bits per heavy atom. The zero-order valence-electron chi connectivity index (χ0n) is 5.83. The standard InChI is InChI=1S/C7H12O2/c1-5-3-7(4-8)6(2)9-5/h4-7H,3H2,1-2H3. The van der Waals surface area contributed by atoms with E-state index >= 15 is 0 Å². The molecule has 0 radical (unpaired) electrons. The highest BCUT2D eigenvalue weighted by Gasteiger charge is 2.28. The van der Waals surface area contributed by atoms with Gasteiger partial charge in [0.1, 0.15) is 6.29 Å². The van der Waals surface area contributed by atoms with Gasteiger partial charge in [0.25, 0.3) is 0 Å². The molecule has 0 amide bonds. The minimum absolute atomic E-state index is 0.137. The van der Waals surface area contributed by atoms with E-state index in [4.69, 9.17) is 4.74 Å². The SMILES string of the molecule is CC1CC(C=O)C(C)O1. The summed E-state index contributed by atoms with van der Waals surface area (Å²) in [6.07, 6.45) is 2.30. The summed E-state index contributed by atoms with van der Waals surface area (Å²) in [6, 6.07) is 0. The molecule has 9 heavy (non-hydrogen) atoms. The Labute approximate surface area is 55.2 Å². The Morgan fingerprint density at radius 1 is 1.56 bits per heavy atom. The fourth-order valence-corrected chi connectivity index (χ4v) is 1.26. The number of aldehydes is 1. The van der Waals surface area contributed by atoms with Crippen molar-refractivity contribution in [2.45, 2.75) is 32.5 Å². The summed E-state index contributed by atoms with van der Waals surface area (Å²) in [5, 5.41) is 0. The van der Waals surface area contributed by atoms with Gasteiger partial charge in [0, 0.05) is 5.92 Å². The highest BCUT2D eigenvalue weighted by Crippen LogP contribution is 2.23. The molecule has 1 aliphatic rings. The third-order valence-corrected chi connectivity index (χ3v) is 1.83. The minimum Gasteiger partial charge on any atom is -0.375 e. The van der Waals surface area contributed by atoms with Gasteiger partial charge in [0.15, 0.2) is 0 Å². The lowest BCUT2D eigenvalue weighted by Gasteiger charge is -2.04. The molecule has 0 bridgehead atoms. The van der Waals surface area contributed by atoms with Crippen LogP contribution in [0.3, 0.4) is 0 Å². The molecule has 1 rings (SSSR count). The molecule has 0 aromatic heterocycles. The second-order valence-corrected chi connectivity index (χ2v) is 2.69. The van der Waals surface area contributed by atoms with E-state index in [9.17, 15) is 4.79 Å². The first-order valence-electron chi connectivity index (χ1n) is 3.34. The number of carbonyl (C=O) groups excluding carboxylic acids is 1. The van der Waals surface area contributed by atoms with E-state index in [1.54, 1.807) is 0 Å². The largest absolute Gasteiger partial charge is 0.375 e. The first-order chi connectivity index (χ1) is 4.24. The molecular formula is C7H12O2. The lowest BCUT2D eigenvalue weighted by Crippen LogP contribution is -2.11. The molecule has 1 aliphatic heterocycles. The summed E-state index contributed by atoms with van der Waals surface area (Å²) in [5.74, 6) is 0.139. The summed E-state index contributed by atoms with van der Waals surface area (Å²) < 4.78 is 5.33. The summed E-state index contributed by atoms with van der Waals surface area (Å²) in [4.78, 5) is 10.3. The minimum atomic E-state index is 0.137. The second-order valence-electron chi connectivity index (χ2n) is 2.69. The molecule has 1 fully saturated rings. The van der Waals surface area contributed by atoms with Crippen LogP contribution < -0.4 is 0 Å². The van der Waals surface area contributed by atoms with Gasteiger partial charge in [-0.15, -0.1) is 0 Å². The summed E-state index contributed by atoms with van der Waals surface area (Å²) >= 11 is 0. The molecule has 0 aromatic rings. The fraction of sp³-hybridized carbons (Fsp3) is 0.857. The number of rotatable bonds is 1. The van der Waals surface area contributed by atoms with E-state index in [1.807, 2.05) is 13.8 Å². The zero-order valence-corrected chi connectivity index (χ0v) is 5.83. The van der Waals surface area contributed by atoms with Gasteiger partial charge >= 0.3 is 0 Å². The smallest absolute Gasteiger partial charge is 0.125 e. The fourth-order valence-electron chi connectivity index (χ4n) is 1.26. The molecule has 1 heterocycles. The van der Waals surface area contributed by atoms with Crippen LogP contribution in [-0.4, -0.2) is 18.5 Å². The molecular weight excluding hydrogens is 116 g/mol. The van der Waals surface area contributed by atoms with Crippen molar-refractivity contribution >= 4 is 6.29 Å². The second kappa shape index (κ2) is 2.48. The van der Waals surface area contributed by atoms with Crippen molar-refractivity contribution in [3.8, 4) is 0 Å². The van der Waals surface area contributed by atoms with Gasteiger partial charge in [0.05, 0.1) is 12.2 Å². The number of ether oxygens (including phenoxy) is 1. The molecule has 0 aromatic carbocycles. The van der Waals surface area contributed by atoms with E-state index in [0.717, 1.165) is 12.7 Å². The van der Waals surface area contributed by atoms with Gasteiger partial charge < -0.3 is 9.53 Å². The van der Waals surface area contributed by atoms with Crippen molar-refractivity contribution in [1.82, 2.24) is 0 Å². The van der Waals surface area contributed by atoms with Crippen LogP contribution in [0.1, 0.15) is 20.3 Å². The molecule has 0 spiro atoms. The maximum Gasteiger partial charge on any atom is 0.125 e. The first-order valence-corrected chi connectivity index (χ1v) is 3.34. The van der Waals surface area contributed by atoms with Crippen molar-refractivity contribution in [3.05, 3.63) is 0 Å². The average molecular weight is 128 g/mol. The Bertz CT molecular complexity index is 111. The maximum absolute atomic E-state index is 10.3. The van der Waals surface area contributed by atoms with Crippen LogP contribution in [0.4, 0.5) is 0 Å².